The van der Waals surface area contributed by atoms with Crippen molar-refractivity contribution in [1.29, 1.82) is 0 Å². The van der Waals surface area contributed by atoms with Crippen LogP contribution in [-0.2, 0) is 9.59 Å². The molecule has 2 atom stereocenters. The van der Waals surface area contributed by atoms with Crippen LogP contribution in [0, 0.1) is 6.92 Å². The minimum absolute atomic E-state index is 0.111. The third-order valence-electron chi connectivity index (χ3n) is 6.39. The third kappa shape index (κ3) is 4.25. The van der Waals surface area contributed by atoms with Crippen LogP contribution < -0.4 is 10.1 Å². The summed E-state index contributed by atoms with van der Waals surface area (Å²) in [6.07, 6.45) is 4.57. The summed E-state index contributed by atoms with van der Waals surface area (Å²) >= 11 is 8.04. The first-order valence-electron chi connectivity index (χ1n) is 11.3. The minimum Gasteiger partial charge on any atom is -0.488 e. The van der Waals surface area contributed by atoms with Crippen molar-refractivity contribution in [1.82, 2.24) is 15.2 Å². The van der Waals surface area contributed by atoms with E-state index < -0.39 is 0 Å². The first kappa shape index (κ1) is 22.3. The number of carbonyl (C=O) groups excluding carboxylic acids is 2. The predicted molar refractivity (Wildman–Crippen MR) is 131 cm³/mol. The number of rotatable bonds is 5. The van der Waals surface area contributed by atoms with Gasteiger partial charge in [-0.15, -0.1) is 11.3 Å². The maximum Gasteiger partial charge on any atom is 0.230 e. The Balaban J connectivity index is 1.58. The molecule has 8 heteroatoms. The van der Waals surface area contributed by atoms with E-state index in [0.717, 1.165) is 63.5 Å². The Hall–Kier alpha value is -2.48. The number of benzene rings is 1. The molecule has 1 aromatic carbocycles. The van der Waals surface area contributed by atoms with E-state index in [4.69, 9.17) is 16.3 Å². The van der Waals surface area contributed by atoms with Crippen molar-refractivity contribution < 1.29 is 14.3 Å². The molecule has 0 unspecified atom stereocenters. The van der Waals surface area contributed by atoms with Crippen molar-refractivity contribution in [3.05, 3.63) is 45.9 Å². The van der Waals surface area contributed by atoms with Gasteiger partial charge in [-0.3, -0.25) is 19.5 Å². The number of nitrogens with zero attached hydrogens (tertiary/aromatic N) is 2. The number of likely N-dealkylation sites (tertiary alicyclic amines) is 1. The second kappa shape index (κ2) is 9.05. The normalized spacial score (nSPS) is 20.0. The lowest BCUT2D eigenvalue weighted by molar-refractivity contribution is -0.140. The number of carbonyl (C=O) groups is 2. The molecule has 0 aliphatic carbocycles. The number of amides is 2. The highest BCUT2D eigenvalue weighted by Crippen LogP contribution is 2.43. The molecule has 1 N–H and O–H groups in total. The quantitative estimate of drug-likeness (QED) is 0.501. The molecule has 3 aromatic rings. The summed E-state index contributed by atoms with van der Waals surface area (Å²) in [5.41, 5.74) is 3.76. The Morgan fingerprint density at radius 2 is 2.00 bits per heavy atom. The van der Waals surface area contributed by atoms with Gasteiger partial charge in [-0.25, -0.2) is 0 Å². The molecule has 2 amide bonds. The smallest absolute Gasteiger partial charge is 0.230 e. The van der Waals surface area contributed by atoms with Crippen LogP contribution in [0.15, 0.2) is 30.5 Å². The van der Waals surface area contributed by atoms with Crippen LogP contribution in [0.5, 0.6) is 5.75 Å². The van der Waals surface area contributed by atoms with Crippen molar-refractivity contribution >= 4 is 45.0 Å². The second-order valence-electron chi connectivity index (χ2n) is 8.74. The second-order valence-corrected chi connectivity index (χ2v) is 10.3. The number of halogens is 1. The monoisotopic (exact) mass is 483 g/mol. The molecule has 172 valence electrons. The zero-order valence-corrected chi connectivity index (χ0v) is 20.3. The fraction of sp³-hybridized carbons (Fsp3) is 0.400. The van der Waals surface area contributed by atoms with Crippen LogP contribution in [0.2, 0.25) is 5.02 Å². The van der Waals surface area contributed by atoms with E-state index in [0.29, 0.717) is 5.02 Å². The summed E-state index contributed by atoms with van der Waals surface area (Å²) in [6, 6.07) is 7.53. The number of aromatic nitrogens is 1. The lowest BCUT2D eigenvalue weighted by Crippen LogP contribution is -2.37. The van der Waals surface area contributed by atoms with Crippen molar-refractivity contribution in [2.24, 2.45) is 0 Å². The molecule has 0 radical (unpaired) electrons. The summed E-state index contributed by atoms with van der Waals surface area (Å²) in [4.78, 5) is 31.4. The summed E-state index contributed by atoms with van der Waals surface area (Å²) in [7, 11) is 0. The molecule has 0 saturated carbocycles. The van der Waals surface area contributed by atoms with E-state index in [1.807, 2.05) is 38.1 Å². The summed E-state index contributed by atoms with van der Waals surface area (Å²) < 4.78 is 7.50. The van der Waals surface area contributed by atoms with E-state index in [2.05, 4.69) is 10.3 Å². The van der Waals surface area contributed by atoms with Gasteiger partial charge in [0.15, 0.2) is 0 Å². The topological polar surface area (TPSA) is 71.5 Å². The highest BCUT2D eigenvalue weighted by atomic mass is 35.5. The number of pyridine rings is 1. The zero-order chi connectivity index (χ0) is 23.1. The lowest BCUT2D eigenvalue weighted by Gasteiger charge is -2.26. The Labute approximate surface area is 201 Å². The Kier molecular flexibility index (Phi) is 6.12. The number of nitrogens with one attached hydrogen (secondary N) is 1. The minimum atomic E-state index is -0.315. The van der Waals surface area contributed by atoms with Crippen molar-refractivity contribution in [2.75, 3.05) is 13.1 Å². The first-order chi connectivity index (χ1) is 15.9. The van der Waals surface area contributed by atoms with E-state index in [1.54, 1.807) is 17.5 Å². The van der Waals surface area contributed by atoms with Gasteiger partial charge in [0.05, 0.1) is 16.3 Å². The van der Waals surface area contributed by atoms with Crippen LogP contribution in [0.4, 0.5) is 0 Å². The average molecular weight is 484 g/mol. The van der Waals surface area contributed by atoms with Gasteiger partial charge >= 0.3 is 0 Å². The fourth-order valence-corrected chi connectivity index (χ4v) is 6.16. The van der Waals surface area contributed by atoms with Crippen LogP contribution in [0.3, 0.4) is 0 Å². The van der Waals surface area contributed by atoms with Gasteiger partial charge in [-0.1, -0.05) is 11.6 Å². The standard InChI is InChI=1S/C25H26ClN3O3S/c1-14-10-16(26)11-19(24(14)32-17-4-3-8-27-13-17)18-7-9-28-20-12-21(33-25(18)20)15(2)29-22(30)5-6-23(29)31/h7,9-12,15,17,27H,3-6,8,13H2,1-2H3/t15-,17-/m0/s1. The van der Waals surface area contributed by atoms with Gasteiger partial charge < -0.3 is 10.1 Å². The Bertz CT molecular complexity index is 1220. The number of thiophene rings is 1. The van der Waals surface area contributed by atoms with Crippen molar-refractivity contribution in [2.45, 2.75) is 51.7 Å². The largest absolute Gasteiger partial charge is 0.488 e. The summed E-state index contributed by atoms with van der Waals surface area (Å²) in [5.74, 6) is 0.620. The van der Waals surface area contributed by atoms with Gasteiger partial charge in [-0.2, -0.15) is 0 Å². The zero-order valence-electron chi connectivity index (χ0n) is 18.7. The van der Waals surface area contributed by atoms with Gasteiger partial charge in [0.25, 0.3) is 0 Å². The fourth-order valence-electron chi connectivity index (χ4n) is 4.70. The number of piperidine rings is 1. The SMILES string of the molecule is Cc1cc(Cl)cc(-c2ccnc3cc([C@H](C)N4C(=O)CCC4=O)sc23)c1O[C@H]1CCCNC1. The number of hydrogen-bond donors (Lipinski definition) is 1. The molecule has 0 spiro atoms. The van der Waals surface area contributed by atoms with Gasteiger partial charge in [0.1, 0.15) is 11.9 Å². The lowest BCUT2D eigenvalue weighted by atomic mass is 10.0. The summed E-state index contributed by atoms with van der Waals surface area (Å²) in [5, 5.41) is 4.06. The van der Waals surface area contributed by atoms with E-state index in [1.165, 1.54) is 4.90 Å². The first-order valence-corrected chi connectivity index (χ1v) is 12.5. The third-order valence-corrected chi connectivity index (χ3v) is 7.93. The van der Waals surface area contributed by atoms with E-state index >= 15 is 0 Å². The molecular weight excluding hydrogens is 458 g/mol. The molecule has 2 aliphatic rings. The van der Waals surface area contributed by atoms with Gasteiger partial charge in [0, 0.05) is 46.6 Å². The number of aryl methyl sites for hydroxylation is 1. The number of hydrogen-bond acceptors (Lipinski definition) is 6. The molecule has 2 fully saturated rings. The van der Waals surface area contributed by atoms with Crippen molar-refractivity contribution in [3.8, 4) is 16.9 Å². The molecule has 2 aliphatic heterocycles. The van der Waals surface area contributed by atoms with Crippen LogP contribution in [0.1, 0.15) is 49.1 Å². The maximum absolute atomic E-state index is 12.3. The predicted octanol–water partition coefficient (Wildman–Crippen LogP) is 5.27. The molecular formula is C25H26ClN3O3S. The maximum atomic E-state index is 12.3. The van der Waals surface area contributed by atoms with E-state index in [9.17, 15) is 9.59 Å². The molecule has 4 heterocycles. The van der Waals surface area contributed by atoms with Gasteiger partial charge in [0.2, 0.25) is 11.8 Å². The molecule has 5 rings (SSSR count). The highest BCUT2D eigenvalue weighted by Gasteiger charge is 2.34. The summed E-state index contributed by atoms with van der Waals surface area (Å²) in [6.45, 7) is 5.77. The average Bonchev–Trinajstić information content (AvgIpc) is 3.38. The molecule has 0 bridgehead atoms. The molecule has 33 heavy (non-hydrogen) atoms. The number of ether oxygens (including phenoxy) is 1. The number of imide groups is 1. The van der Waals surface area contributed by atoms with Gasteiger partial charge in [-0.05, 0) is 63.1 Å². The number of fused-ring (bicyclic) bond motifs is 1. The Morgan fingerprint density at radius 3 is 2.73 bits per heavy atom. The highest BCUT2D eigenvalue weighted by molar-refractivity contribution is 7.19. The molecule has 2 aromatic heterocycles. The molecule has 2 saturated heterocycles. The van der Waals surface area contributed by atoms with Crippen LogP contribution in [-0.4, -0.2) is 40.9 Å². The van der Waals surface area contributed by atoms with E-state index in [-0.39, 0.29) is 36.8 Å². The van der Waals surface area contributed by atoms with Crippen LogP contribution >= 0.6 is 22.9 Å². The van der Waals surface area contributed by atoms with Crippen molar-refractivity contribution in [3.63, 3.8) is 0 Å². The molecule has 6 nitrogen and oxygen atoms in total. The Morgan fingerprint density at radius 1 is 1.21 bits per heavy atom. The van der Waals surface area contributed by atoms with Crippen LogP contribution in [0.25, 0.3) is 21.3 Å².